The van der Waals surface area contributed by atoms with Gasteiger partial charge in [0.05, 0.1) is 11.1 Å². The van der Waals surface area contributed by atoms with Crippen molar-refractivity contribution in [2.75, 3.05) is 18.8 Å². The van der Waals surface area contributed by atoms with E-state index in [0.717, 1.165) is 6.07 Å². The molecule has 0 spiro atoms. The van der Waals surface area contributed by atoms with Crippen LogP contribution in [0.15, 0.2) is 41.5 Å². The van der Waals surface area contributed by atoms with Crippen molar-refractivity contribution >= 4 is 23.6 Å². The second-order valence-corrected chi connectivity index (χ2v) is 7.18. The van der Waals surface area contributed by atoms with E-state index in [2.05, 4.69) is 9.98 Å². The Hall–Kier alpha value is -3.63. The molecule has 0 atom stereocenters. The van der Waals surface area contributed by atoms with Gasteiger partial charge in [-0.3, -0.25) is 9.59 Å². The number of nitrogen functional groups attached to an aromatic ring is 1. The molecular weight excluding hydrogens is 413 g/mol. The lowest BCUT2D eigenvalue weighted by atomic mass is 9.85. The molecule has 3 rings (SSSR count). The number of anilines is 1. The smallest absolute Gasteiger partial charge is 0.384 e. The van der Waals surface area contributed by atoms with Gasteiger partial charge in [0, 0.05) is 24.8 Å². The maximum Gasteiger partial charge on any atom is 0.416 e. The molecule has 164 valence electrons. The van der Waals surface area contributed by atoms with Gasteiger partial charge in [0.25, 0.3) is 11.8 Å². The highest BCUT2D eigenvalue weighted by Gasteiger charge is 2.37. The molecular formula is C20H21F3N6O2. The predicted molar refractivity (Wildman–Crippen MR) is 108 cm³/mol. The minimum Gasteiger partial charge on any atom is -0.384 e. The van der Waals surface area contributed by atoms with Gasteiger partial charge in [0.2, 0.25) is 0 Å². The molecule has 6 N–H and O–H groups in total. The fraction of sp³-hybridized carbons (Fsp3) is 0.300. The number of amides is 2. The molecule has 1 aliphatic heterocycles. The van der Waals surface area contributed by atoms with E-state index in [1.54, 1.807) is 11.0 Å². The van der Waals surface area contributed by atoms with Crippen molar-refractivity contribution in [1.29, 1.82) is 0 Å². The van der Waals surface area contributed by atoms with Gasteiger partial charge in [-0.2, -0.15) is 18.2 Å². The molecule has 0 unspecified atom stereocenters. The highest BCUT2D eigenvalue weighted by atomic mass is 19.4. The second-order valence-electron chi connectivity index (χ2n) is 7.18. The van der Waals surface area contributed by atoms with Gasteiger partial charge in [-0.05, 0) is 48.6 Å². The van der Waals surface area contributed by atoms with Crippen molar-refractivity contribution in [2.24, 2.45) is 16.5 Å². The summed E-state index contributed by atoms with van der Waals surface area (Å²) in [5, 5.41) is 0. The Morgan fingerprint density at radius 3 is 2.26 bits per heavy atom. The Morgan fingerprint density at radius 2 is 1.71 bits per heavy atom. The predicted octanol–water partition coefficient (Wildman–Crippen LogP) is 2.12. The van der Waals surface area contributed by atoms with Gasteiger partial charge in [0.15, 0.2) is 5.96 Å². The van der Waals surface area contributed by atoms with Crippen LogP contribution in [0.5, 0.6) is 0 Å². The molecule has 31 heavy (non-hydrogen) atoms. The van der Waals surface area contributed by atoms with E-state index in [4.69, 9.17) is 17.2 Å². The lowest BCUT2D eigenvalue weighted by molar-refractivity contribution is -0.138. The summed E-state index contributed by atoms with van der Waals surface area (Å²) in [6.07, 6.45) is -2.60. The minimum atomic E-state index is -4.66. The maximum absolute atomic E-state index is 13.7. The minimum absolute atomic E-state index is 0.0787. The van der Waals surface area contributed by atoms with E-state index in [-0.39, 0.29) is 22.9 Å². The van der Waals surface area contributed by atoms with E-state index < -0.39 is 29.5 Å². The Bertz CT molecular complexity index is 1010. The van der Waals surface area contributed by atoms with Crippen molar-refractivity contribution in [2.45, 2.75) is 24.9 Å². The zero-order chi connectivity index (χ0) is 22.8. The summed E-state index contributed by atoms with van der Waals surface area (Å²) in [4.78, 5) is 33.3. The van der Waals surface area contributed by atoms with E-state index in [9.17, 15) is 22.8 Å². The standard InChI is InChI=1S/C20H21F3N6O2/c21-20(22,23)15-9-12(17(30)28-19(25)26)1-3-14(15)11-5-7-29(8-6-11)18(31)13-2-4-16(24)27-10-13/h1-4,9-11H,5-8H2,(H2,24,27)(H4,25,26,28,30). The molecule has 11 heteroatoms. The molecule has 0 bridgehead atoms. The highest BCUT2D eigenvalue weighted by molar-refractivity contribution is 6.02. The van der Waals surface area contributed by atoms with Crippen LogP contribution in [0.2, 0.25) is 0 Å². The third-order valence-corrected chi connectivity index (χ3v) is 5.09. The topological polar surface area (TPSA) is 141 Å². The molecule has 1 fully saturated rings. The Kier molecular flexibility index (Phi) is 6.14. The highest BCUT2D eigenvalue weighted by Crippen LogP contribution is 2.39. The van der Waals surface area contributed by atoms with Crippen LogP contribution < -0.4 is 17.2 Å². The SMILES string of the molecule is NC(N)=NC(=O)c1ccc(C2CCN(C(=O)c3ccc(N)nc3)CC2)c(C(F)(F)F)c1. The molecule has 1 saturated heterocycles. The summed E-state index contributed by atoms with van der Waals surface area (Å²) in [5.74, 6) is -1.86. The van der Waals surface area contributed by atoms with Gasteiger partial charge in [0.1, 0.15) is 5.82 Å². The van der Waals surface area contributed by atoms with Gasteiger partial charge in [-0.15, -0.1) is 0 Å². The largest absolute Gasteiger partial charge is 0.416 e. The Balaban J connectivity index is 1.79. The summed E-state index contributed by atoms with van der Waals surface area (Å²) in [7, 11) is 0. The number of hydrogen-bond acceptors (Lipinski definition) is 4. The number of rotatable bonds is 3. The molecule has 2 aromatic rings. The van der Waals surface area contributed by atoms with E-state index in [1.165, 1.54) is 24.4 Å². The molecule has 1 aliphatic rings. The van der Waals surface area contributed by atoms with Crippen molar-refractivity contribution < 1.29 is 22.8 Å². The zero-order valence-corrected chi connectivity index (χ0v) is 16.4. The van der Waals surface area contributed by atoms with Crippen molar-refractivity contribution in [3.05, 3.63) is 58.8 Å². The number of likely N-dealkylation sites (tertiary alicyclic amines) is 1. The number of piperidine rings is 1. The maximum atomic E-state index is 13.7. The summed E-state index contributed by atoms with van der Waals surface area (Å²) in [6, 6.07) is 6.40. The number of halogens is 3. The van der Waals surface area contributed by atoms with Crippen molar-refractivity contribution in [1.82, 2.24) is 9.88 Å². The van der Waals surface area contributed by atoms with Gasteiger partial charge in [-0.25, -0.2) is 4.98 Å². The Morgan fingerprint density at radius 1 is 1.06 bits per heavy atom. The number of carbonyl (C=O) groups is 2. The average molecular weight is 434 g/mol. The average Bonchev–Trinajstić information content (AvgIpc) is 2.72. The quantitative estimate of drug-likeness (QED) is 0.499. The fourth-order valence-corrected chi connectivity index (χ4v) is 3.58. The van der Waals surface area contributed by atoms with E-state index >= 15 is 0 Å². The van der Waals surface area contributed by atoms with E-state index in [1.807, 2.05) is 0 Å². The first-order valence-electron chi connectivity index (χ1n) is 9.42. The number of alkyl halides is 3. The van der Waals surface area contributed by atoms with Crippen LogP contribution in [0.25, 0.3) is 0 Å². The summed E-state index contributed by atoms with van der Waals surface area (Å²) >= 11 is 0. The number of nitrogens with two attached hydrogens (primary N) is 3. The molecule has 8 nitrogen and oxygen atoms in total. The van der Waals surface area contributed by atoms with Gasteiger partial charge in [-0.1, -0.05) is 6.07 Å². The molecule has 0 radical (unpaired) electrons. The number of aromatic nitrogens is 1. The van der Waals surface area contributed by atoms with Crippen LogP contribution in [0.3, 0.4) is 0 Å². The molecule has 1 aromatic carbocycles. The van der Waals surface area contributed by atoms with Crippen LogP contribution in [0, 0.1) is 0 Å². The van der Waals surface area contributed by atoms with Crippen LogP contribution >= 0.6 is 0 Å². The van der Waals surface area contributed by atoms with Crippen LogP contribution in [-0.4, -0.2) is 40.7 Å². The van der Waals surface area contributed by atoms with Gasteiger partial charge >= 0.3 is 6.18 Å². The monoisotopic (exact) mass is 434 g/mol. The Labute approximate surface area is 175 Å². The first-order valence-corrected chi connectivity index (χ1v) is 9.42. The summed E-state index contributed by atoms with van der Waals surface area (Å²) < 4.78 is 41.1. The molecule has 1 aromatic heterocycles. The summed E-state index contributed by atoms with van der Waals surface area (Å²) in [6.45, 7) is 0.583. The molecule has 0 saturated carbocycles. The first kappa shape index (κ1) is 22.1. The van der Waals surface area contributed by atoms with Crippen molar-refractivity contribution in [3.63, 3.8) is 0 Å². The van der Waals surface area contributed by atoms with Crippen LogP contribution in [-0.2, 0) is 6.18 Å². The number of pyridine rings is 1. The first-order chi connectivity index (χ1) is 14.6. The van der Waals surface area contributed by atoms with Crippen molar-refractivity contribution in [3.8, 4) is 0 Å². The number of hydrogen-bond donors (Lipinski definition) is 3. The summed E-state index contributed by atoms with van der Waals surface area (Å²) in [5.41, 5.74) is 15.1. The fourth-order valence-electron chi connectivity index (χ4n) is 3.58. The number of nitrogens with zero attached hydrogens (tertiary/aromatic N) is 3. The normalized spacial score (nSPS) is 14.9. The van der Waals surface area contributed by atoms with Crippen LogP contribution in [0.1, 0.15) is 50.6 Å². The number of aliphatic imine (C=N–C) groups is 1. The zero-order valence-electron chi connectivity index (χ0n) is 16.4. The number of guanidine groups is 1. The van der Waals surface area contributed by atoms with Gasteiger partial charge < -0.3 is 22.1 Å². The lowest BCUT2D eigenvalue weighted by Gasteiger charge is -2.33. The molecule has 2 heterocycles. The number of benzene rings is 1. The molecule has 0 aliphatic carbocycles. The number of carbonyl (C=O) groups excluding carboxylic acids is 2. The third kappa shape index (κ3) is 5.11. The van der Waals surface area contributed by atoms with E-state index in [0.29, 0.717) is 31.5 Å². The second kappa shape index (κ2) is 8.62. The van der Waals surface area contributed by atoms with Crippen LogP contribution in [0.4, 0.5) is 19.0 Å². The lowest BCUT2D eigenvalue weighted by Crippen LogP contribution is -2.38. The molecule has 2 amide bonds. The third-order valence-electron chi connectivity index (χ3n) is 5.09.